The highest BCUT2D eigenvalue weighted by Gasteiger charge is 2.29. The van der Waals surface area contributed by atoms with Crippen LogP contribution in [0.2, 0.25) is 0 Å². The molecule has 0 unspecified atom stereocenters. The number of rotatable bonds is 7. The van der Waals surface area contributed by atoms with Gasteiger partial charge in [0.15, 0.2) is 0 Å². The van der Waals surface area contributed by atoms with Gasteiger partial charge in [-0.25, -0.2) is 9.11 Å². The summed E-state index contributed by atoms with van der Waals surface area (Å²) in [6.07, 6.45) is -0.407. The van der Waals surface area contributed by atoms with E-state index in [2.05, 4.69) is 5.16 Å². The van der Waals surface area contributed by atoms with Crippen LogP contribution in [-0.2, 0) is 26.8 Å². The molecule has 31 heavy (non-hydrogen) atoms. The number of aliphatic hydroxyl groups is 1. The lowest BCUT2D eigenvalue weighted by atomic mass is 9.85. The van der Waals surface area contributed by atoms with Crippen LogP contribution in [0.4, 0.5) is 4.39 Å². The maximum atomic E-state index is 14.9. The van der Waals surface area contributed by atoms with Crippen LogP contribution in [0.15, 0.2) is 21.7 Å². The highest BCUT2D eigenvalue weighted by molar-refractivity contribution is 7.89. The zero-order valence-electron chi connectivity index (χ0n) is 18.3. The number of nitrogens with zero attached hydrogens (tertiary/aromatic N) is 2. The lowest BCUT2D eigenvalue weighted by Gasteiger charge is -2.21. The highest BCUT2D eigenvalue weighted by atomic mass is 32.2. The Kier molecular flexibility index (Phi) is 6.93. The number of nitriles is 1. The number of sulfonamides is 1. The van der Waals surface area contributed by atoms with E-state index in [0.717, 1.165) is 6.07 Å². The molecule has 2 aromatic rings. The Hall–Kier alpha value is -2.77. The van der Waals surface area contributed by atoms with Crippen LogP contribution in [0.1, 0.15) is 81.3 Å². The maximum absolute atomic E-state index is 14.9. The first kappa shape index (κ1) is 24.5. The van der Waals surface area contributed by atoms with Gasteiger partial charge in [-0.15, -0.1) is 0 Å². The van der Waals surface area contributed by atoms with Gasteiger partial charge in [0.05, 0.1) is 12.0 Å². The summed E-state index contributed by atoms with van der Waals surface area (Å²) in [6.45, 7) is 9.94. The van der Waals surface area contributed by atoms with Gasteiger partial charge in [0.1, 0.15) is 23.2 Å². The average molecular weight is 452 g/mol. The van der Waals surface area contributed by atoms with Crippen molar-refractivity contribution in [3.05, 3.63) is 45.9 Å². The molecular formula is C21H26FN3O5S. The molecule has 0 atom stereocenters. The van der Waals surface area contributed by atoms with E-state index in [1.807, 2.05) is 24.6 Å². The molecule has 0 saturated heterocycles. The number of halogens is 1. The molecule has 1 amide bonds. The van der Waals surface area contributed by atoms with Gasteiger partial charge in [0.2, 0.25) is 5.91 Å². The van der Waals surface area contributed by atoms with Crippen LogP contribution in [0, 0.1) is 17.1 Å². The minimum absolute atomic E-state index is 0.0151. The number of carbonyl (C=O) groups excluding carboxylic acids is 1. The minimum atomic E-state index is -4.39. The van der Waals surface area contributed by atoms with Gasteiger partial charge in [-0.1, -0.05) is 32.9 Å². The molecule has 1 aromatic heterocycles. The quantitative estimate of drug-likeness (QED) is 0.660. The summed E-state index contributed by atoms with van der Waals surface area (Å²) in [4.78, 5) is 12.6. The smallest absolute Gasteiger partial charge is 0.300 e. The fourth-order valence-corrected chi connectivity index (χ4v) is 4.08. The molecule has 168 valence electrons. The van der Waals surface area contributed by atoms with Crippen LogP contribution in [-0.4, -0.2) is 24.6 Å². The van der Waals surface area contributed by atoms with Gasteiger partial charge < -0.3 is 9.63 Å². The molecule has 2 rings (SSSR count). The van der Waals surface area contributed by atoms with Crippen molar-refractivity contribution < 1.29 is 27.2 Å². The Labute approximate surface area is 181 Å². The van der Waals surface area contributed by atoms with E-state index in [0.29, 0.717) is 11.1 Å². The third-order valence-corrected chi connectivity index (χ3v) is 5.95. The Morgan fingerprint density at radius 2 is 1.90 bits per heavy atom. The van der Waals surface area contributed by atoms with Crippen molar-refractivity contribution in [3.8, 4) is 6.07 Å². The zero-order valence-corrected chi connectivity index (χ0v) is 19.1. The third-order valence-electron chi connectivity index (χ3n) is 4.73. The molecular weight excluding hydrogens is 425 g/mol. The third kappa shape index (κ3) is 5.29. The van der Waals surface area contributed by atoms with Crippen LogP contribution < -0.4 is 4.72 Å². The Balaban J connectivity index is 2.42. The Morgan fingerprint density at radius 1 is 1.29 bits per heavy atom. The second-order valence-electron chi connectivity index (χ2n) is 8.44. The van der Waals surface area contributed by atoms with Crippen molar-refractivity contribution >= 4 is 15.9 Å². The first-order valence-electron chi connectivity index (χ1n) is 9.69. The van der Waals surface area contributed by atoms with Gasteiger partial charge in [-0.3, -0.25) is 4.79 Å². The van der Waals surface area contributed by atoms with E-state index in [4.69, 9.17) is 4.52 Å². The molecule has 0 aliphatic heterocycles. The molecule has 0 aliphatic carbocycles. The molecule has 0 spiro atoms. The summed E-state index contributed by atoms with van der Waals surface area (Å²) in [5.41, 5.74) is -0.412. The predicted octanol–water partition coefficient (Wildman–Crippen LogP) is 3.21. The molecule has 2 N–H and O–H groups in total. The average Bonchev–Trinajstić information content (AvgIpc) is 3.12. The minimum Gasteiger partial charge on any atom is -0.384 e. The summed E-state index contributed by atoms with van der Waals surface area (Å²) < 4.78 is 46.6. The van der Waals surface area contributed by atoms with Crippen molar-refractivity contribution in [2.45, 2.75) is 70.5 Å². The molecule has 0 saturated carbocycles. The lowest BCUT2D eigenvalue weighted by molar-refractivity contribution is -0.118. The van der Waals surface area contributed by atoms with Crippen molar-refractivity contribution in [1.82, 2.24) is 9.88 Å². The standard InChI is InChI=1S/C21H26FN3O5S/c1-11(2)14-7-13(10-23)20(22)19(12(3)4)15(14)8-17(26)25-31(28,29)18-9-16(24-30-18)21(5,6)27/h7,9,11-12,27H,8H2,1-6H3,(H,25,26). The van der Waals surface area contributed by atoms with Crippen LogP contribution in [0.25, 0.3) is 0 Å². The second kappa shape index (κ2) is 8.77. The molecule has 0 bridgehead atoms. The van der Waals surface area contributed by atoms with Crippen molar-refractivity contribution in [3.63, 3.8) is 0 Å². The van der Waals surface area contributed by atoms with Gasteiger partial charge in [-0.05, 0) is 48.4 Å². The SMILES string of the molecule is CC(C)c1cc(C#N)c(F)c(C(C)C)c1CC(=O)NS(=O)(=O)c1cc(C(C)(C)O)no1. The van der Waals surface area contributed by atoms with Gasteiger partial charge in [0, 0.05) is 6.07 Å². The summed E-state index contributed by atoms with van der Waals surface area (Å²) in [5.74, 6) is -2.08. The molecule has 8 nitrogen and oxygen atoms in total. The summed E-state index contributed by atoms with van der Waals surface area (Å²) in [6, 6.07) is 4.25. The lowest BCUT2D eigenvalue weighted by Crippen LogP contribution is -2.32. The number of hydrogen-bond donors (Lipinski definition) is 2. The van der Waals surface area contributed by atoms with E-state index >= 15 is 0 Å². The topological polar surface area (TPSA) is 133 Å². The normalized spacial score (nSPS) is 12.3. The van der Waals surface area contributed by atoms with Crippen molar-refractivity contribution in [2.75, 3.05) is 0 Å². The van der Waals surface area contributed by atoms with Crippen LogP contribution in [0.3, 0.4) is 0 Å². The molecule has 0 fully saturated rings. The molecule has 10 heteroatoms. The van der Waals surface area contributed by atoms with Gasteiger partial charge in [0.25, 0.3) is 15.1 Å². The van der Waals surface area contributed by atoms with Crippen molar-refractivity contribution in [1.29, 1.82) is 5.26 Å². The largest absolute Gasteiger partial charge is 0.384 e. The summed E-state index contributed by atoms with van der Waals surface area (Å²) in [5, 5.41) is 22.1. The first-order chi connectivity index (χ1) is 14.2. The first-order valence-corrected chi connectivity index (χ1v) is 11.2. The molecule has 0 radical (unpaired) electrons. The van der Waals surface area contributed by atoms with Crippen LogP contribution >= 0.6 is 0 Å². The predicted molar refractivity (Wildman–Crippen MR) is 110 cm³/mol. The second-order valence-corrected chi connectivity index (χ2v) is 10.0. The van der Waals surface area contributed by atoms with E-state index in [1.165, 1.54) is 19.9 Å². The Bertz CT molecular complexity index is 1140. The number of nitrogens with one attached hydrogen (secondary N) is 1. The fourth-order valence-electron chi connectivity index (χ4n) is 3.20. The van der Waals surface area contributed by atoms with Crippen molar-refractivity contribution in [2.24, 2.45) is 0 Å². The maximum Gasteiger partial charge on any atom is 0.300 e. The monoisotopic (exact) mass is 451 g/mol. The molecule has 0 aliphatic rings. The van der Waals surface area contributed by atoms with E-state index in [9.17, 15) is 28.0 Å². The highest BCUT2D eigenvalue weighted by Crippen LogP contribution is 2.33. The number of amides is 1. The number of carbonyl (C=O) groups is 1. The zero-order chi connectivity index (χ0) is 23.7. The van der Waals surface area contributed by atoms with Crippen LogP contribution in [0.5, 0.6) is 0 Å². The number of aromatic nitrogens is 1. The fraction of sp³-hybridized carbons (Fsp3) is 0.476. The number of hydrogen-bond acceptors (Lipinski definition) is 7. The summed E-state index contributed by atoms with van der Waals surface area (Å²) in [7, 11) is -4.39. The molecule has 1 heterocycles. The molecule has 1 aromatic carbocycles. The summed E-state index contributed by atoms with van der Waals surface area (Å²) >= 11 is 0. The number of benzene rings is 1. The Morgan fingerprint density at radius 3 is 2.35 bits per heavy atom. The van der Waals surface area contributed by atoms with Gasteiger partial charge >= 0.3 is 0 Å². The van der Waals surface area contributed by atoms with E-state index < -0.39 is 38.9 Å². The van der Waals surface area contributed by atoms with E-state index in [-0.39, 0.29) is 28.7 Å². The van der Waals surface area contributed by atoms with Gasteiger partial charge in [-0.2, -0.15) is 13.7 Å². The van der Waals surface area contributed by atoms with E-state index in [1.54, 1.807) is 13.8 Å².